The molecule has 0 aliphatic rings. The lowest BCUT2D eigenvalue weighted by Gasteiger charge is -2.19. The Bertz CT molecular complexity index is 385. The van der Waals surface area contributed by atoms with Gasteiger partial charge in [0.2, 0.25) is 0 Å². The fraction of sp³-hybridized carbons (Fsp3) is 0.462. The summed E-state index contributed by atoms with van der Waals surface area (Å²) >= 11 is 1.73. The molecule has 0 aliphatic heterocycles. The maximum absolute atomic E-state index is 11.8. The van der Waals surface area contributed by atoms with Gasteiger partial charge in [-0.1, -0.05) is 12.1 Å². The van der Waals surface area contributed by atoms with Gasteiger partial charge in [0.05, 0.1) is 5.60 Å². The van der Waals surface area contributed by atoms with E-state index in [0.29, 0.717) is 5.56 Å². The molecule has 0 saturated heterocycles. The molecule has 0 fully saturated rings. The second-order valence-corrected chi connectivity index (χ2v) is 5.65. The quantitative estimate of drug-likeness (QED) is 0.838. The van der Waals surface area contributed by atoms with Gasteiger partial charge in [-0.25, -0.2) is 5.48 Å². The van der Waals surface area contributed by atoms with E-state index >= 15 is 0 Å². The molecule has 1 N–H and O–H groups in total. The molecular weight excluding hydrogens is 234 g/mol. The number of benzene rings is 1. The van der Waals surface area contributed by atoms with E-state index in [4.69, 9.17) is 4.84 Å². The van der Waals surface area contributed by atoms with Gasteiger partial charge < -0.3 is 0 Å². The van der Waals surface area contributed by atoms with Gasteiger partial charge in [0.25, 0.3) is 5.91 Å². The molecule has 0 spiro atoms. The number of amides is 1. The van der Waals surface area contributed by atoms with Crippen LogP contribution < -0.4 is 5.48 Å². The largest absolute Gasteiger partial charge is 0.274 e. The van der Waals surface area contributed by atoms with Gasteiger partial charge in [-0.15, -0.1) is 0 Å². The molecule has 3 nitrogen and oxygen atoms in total. The van der Waals surface area contributed by atoms with E-state index in [0.717, 1.165) is 11.3 Å². The van der Waals surface area contributed by atoms with Crippen molar-refractivity contribution in [3.05, 3.63) is 35.4 Å². The summed E-state index contributed by atoms with van der Waals surface area (Å²) in [4.78, 5) is 17.0. The van der Waals surface area contributed by atoms with Crippen molar-refractivity contribution in [2.24, 2.45) is 0 Å². The molecule has 4 heteroatoms. The van der Waals surface area contributed by atoms with Crippen LogP contribution in [0.4, 0.5) is 0 Å². The molecule has 0 heterocycles. The summed E-state index contributed by atoms with van der Waals surface area (Å²) in [5.74, 6) is 0.698. The minimum atomic E-state index is -0.382. The zero-order valence-corrected chi connectivity index (χ0v) is 11.6. The Balaban J connectivity index is 2.65. The lowest BCUT2D eigenvalue weighted by Crippen LogP contribution is -2.33. The average Bonchev–Trinajstić information content (AvgIpc) is 2.26. The van der Waals surface area contributed by atoms with Crippen molar-refractivity contribution in [1.82, 2.24) is 5.48 Å². The Kier molecular flexibility index (Phi) is 5.02. The molecule has 17 heavy (non-hydrogen) atoms. The topological polar surface area (TPSA) is 38.3 Å². The third-order valence-electron chi connectivity index (χ3n) is 1.95. The highest BCUT2D eigenvalue weighted by Crippen LogP contribution is 2.12. The Morgan fingerprint density at radius 3 is 2.71 bits per heavy atom. The highest BCUT2D eigenvalue weighted by atomic mass is 32.2. The molecule has 0 aromatic heterocycles. The number of thioether (sulfide) groups is 1. The summed E-state index contributed by atoms with van der Waals surface area (Å²) in [5, 5.41) is 0. The first kappa shape index (κ1) is 14.1. The third-order valence-corrected chi connectivity index (χ3v) is 2.57. The highest BCUT2D eigenvalue weighted by Gasteiger charge is 2.13. The predicted molar refractivity (Wildman–Crippen MR) is 72.0 cm³/mol. The van der Waals surface area contributed by atoms with Crippen LogP contribution in [0.2, 0.25) is 0 Å². The Morgan fingerprint density at radius 1 is 1.41 bits per heavy atom. The highest BCUT2D eigenvalue weighted by molar-refractivity contribution is 7.97. The van der Waals surface area contributed by atoms with E-state index in [1.54, 1.807) is 17.8 Å². The molecule has 1 aromatic rings. The van der Waals surface area contributed by atoms with E-state index in [1.165, 1.54) is 0 Å². The number of hydroxylamine groups is 1. The van der Waals surface area contributed by atoms with Gasteiger partial charge in [-0.3, -0.25) is 9.63 Å². The van der Waals surface area contributed by atoms with Crippen LogP contribution in [-0.4, -0.2) is 17.8 Å². The fourth-order valence-corrected chi connectivity index (χ4v) is 1.74. The van der Waals surface area contributed by atoms with Crippen molar-refractivity contribution >= 4 is 17.7 Å². The average molecular weight is 253 g/mol. The van der Waals surface area contributed by atoms with Crippen LogP contribution in [0, 0.1) is 0 Å². The van der Waals surface area contributed by atoms with E-state index in [9.17, 15) is 4.79 Å². The molecule has 94 valence electrons. The van der Waals surface area contributed by atoms with Crippen LogP contribution in [-0.2, 0) is 10.6 Å². The molecule has 0 atom stereocenters. The predicted octanol–water partition coefficient (Wildman–Crippen LogP) is 3.01. The summed E-state index contributed by atoms with van der Waals surface area (Å²) in [6, 6.07) is 7.57. The first-order chi connectivity index (χ1) is 7.92. The lowest BCUT2D eigenvalue weighted by atomic mass is 10.1. The minimum Gasteiger partial charge on any atom is -0.268 e. The van der Waals surface area contributed by atoms with Crippen LogP contribution in [0.1, 0.15) is 36.7 Å². The van der Waals surface area contributed by atoms with Gasteiger partial charge in [0.15, 0.2) is 0 Å². The van der Waals surface area contributed by atoms with Crippen LogP contribution in [0.5, 0.6) is 0 Å². The summed E-state index contributed by atoms with van der Waals surface area (Å²) < 4.78 is 0. The fourth-order valence-electron chi connectivity index (χ4n) is 1.23. The van der Waals surface area contributed by atoms with Gasteiger partial charge >= 0.3 is 0 Å². The van der Waals surface area contributed by atoms with Crippen molar-refractivity contribution in [1.29, 1.82) is 0 Å². The summed E-state index contributed by atoms with van der Waals surface area (Å²) in [7, 11) is 0. The van der Waals surface area contributed by atoms with E-state index in [1.807, 2.05) is 45.2 Å². The van der Waals surface area contributed by atoms with Crippen molar-refractivity contribution in [3.63, 3.8) is 0 Å². The van der Waals surface area contributed by atoms with Gasteiger partial charge in [0.1, 0.15) is 0 Å². The van der Waals surface area contributed by atoms with E-state index in [-0.39, 0.29) is 11.5 Å². The SMILES string of the molecule is CSCc1cccc(C(=O)NOC(C)(C)C)c1. The number of rotatable bonds is 4. The monoisotopic (exact) mass is 253 g/mol. The van der Waals surface area contributed by atoms with Crippen molar-refractivity contribution in [2.75, 3.05) is 6.26 Å². The number of hydrogen-bond donors (Lipinski definition) is 1. The van der Waals surface area contributed by atoms with E-state index < -0.39 is 0 Å². The molecule has 0 unspecified atom stereocenters. The van der Waals surface area contributed by atoms with Crippen molar-refractivity contribution in [2.45, 2.75) is 32.1 Å². The van der Waals surface area contributed by atoms with Crippen LogP contribution in [0.3, 0.4) is 0 Å². The zero-order chi connectivity index (χ0) is 12.9. The first-order valence-corrected chi connectivity index (χ1v) is 6.88. The second-order valence-electron chi connectivity index (χ2n) is 4.78. The van der Waals surface area contributed by atoms with Crippen molar-refractivity contribution < 1.29 is 9.63 Å². The van der Waals surface area contributed by atoms with Gasteiger partial charge in [-0.05, 0) is 44.7 Å². The Morgan fingerprint density at radius 2 is 2.12 bits per heavy atom. The van der Waals surface area contributed by atoms with Crippen molar-refractivity contribution in [3.8, 4) is 0 Å². The standard InChI is InChI=1S/C13H19NO2S/c1-13(2,3)16-14-12(15)11-7-5-6-10(8-11)9-17-4/h5-8H,9H2,1-4H3,(H,14,15). The summed E-state index contributed by atoms with van der Waals surface area (Å²) in [6.07, 6.45) is 2.04. The molecule has 0 bridgehead atoms. The van der Waals surface area contributed by atoms with Gasteiger partial charge in [-0.2, -0.15) is 11.8 Å². The molecular formula is C13H19NO2S. The zero-order valence-electron chi connectivity index (χ0n) is 10.7. The van der Waals surface area contributed by atoms with Gasteiger partial charge in [0, 0.05) is 11.3 Å². The molecule has 1 amide bonds. The third kappa shape index (κ3) is 5.24. The summed E-state index contributed by atoms with van der Waals surface area (Å²) in [6.45, 7) is 5.66. The Hall–Kier alpha value is -1.00. The number of nitrogens with one attached hydrogen (secondary N) is 1. The first-order valence-electron chi connectivity index (χ1n) is 5.48. The molecule has 1 rings (SSSR count). The lowest BCUT2D eigenvalue weighted by molar-refractivity contribution is -0.0589. The Labute approximate surface area is 107 Å². The minimum absolute atomic E-state index is 0.206. The van der Waals surface area contributed by atoms with E-state index in [2.05, 4.69) is 5.48 Å². The number of carbonyl (C=O) groups excluding carboxylic acids is 1. The second kappa shape index (κ2) is 6.07. The number of carbonyl (C=O) groups is 1. The normalized spacial score (nSPS) is 11.3. The van der Waals surface area contributed by atoms with Crippen LogP contribution in [0.25, 0.3) is 0 Å². The maximum Gasteiger partial charge on any atom is 0.274 e. The smallest absolute Gasteiger partial charge is 0.268 e. The molecule has 0 saturated carbocycles. The summed E-state index contributed by atoms with van der Waals surface area (Å²) in [5.41, 5.74) is 3.85. The van der Waals surface area contributed by atoms with Crippen LogP contribution >= 0.6 is 11.8 Å². The molecule has 0 radical (unpaired) electrons. The van der Waals surface area contributed by atoms with Crippen LogP contribution in [0.15, 0.2) is 24.3 Å². The molecule has 1 aromatic carbocycles. The molecule has 0 aliphatic carbocycles. The maximum atomic E-state index is 11.8. The number of hydrogen-bond acceptors (Lipinski definition) is 3.